The van der Waals surface area contributed by atoms with Gasteiger partial charge in [0.25, 0.3) is 11.8 Å². The van der Waals surface area contributed by atoms with E-state index in [1.54, 1.807) is 60.7 Å². The van der Waals surface area contributed by atoms with E-state index in [4.69, 9.17) is 21.1 Å². The lowest BCUT2D eigenvalue weighted by atomic mass is 10.1. The Labute approximate surface area is 209 Å². The van der Waals surface area contributed by atoms with Gasteiger partial charge in [-0.15, -0.1) is 0 Å². The topological polar surface area (TPSA) is 84.9 Å². The Hall–Kier alpha value is -3.62. The maximum atomic E-state index is 12.9. The number of halogens is 2. The van der Waals surface area contributed by atoms with Crippen LogP contribution in [0.5, 0.6) is 11.5 Å². The molecule has 4 rings (SSSR count). The molecule has 9 heteroatoms. The van der Waals surface area contributed by atoms with E-state index in [-0.39, 0.29) is 5.57 Å². The average Bonchev–Trinajstić information content (AvgIpc) is 2.82. The molecular weight excluding hydrogens is 524 g/mol. The molecule has 1 heterocycles. The van der Waals surface area contributed by atoms with E-state index in [0.29, 0.717) is 41.0 Å². The second-order valence-corrected chi connectivity index (χ2v) is 8.45. The monoisotopic (exact) mass is 540 g/mol. The summed E-state index contributed by atoms with van der Waals surface area (Å²) in [5.74, 6) is -0.273. The van der Waals surface area contributed by atoms with E-state index < -0.39 is 17.8 Å². The minimum absolute atomic E-state index is 0.149. The summed E-state index contributed by atoms with van der Waals surface area (Å²) in [5.41, 5.74) is 0.805. The molecule has 172 valence electrons. The summed E-state index contributed by atoms with van der Waals surface area (Å²) in [4.78, 5) is 38.5. The Bertz CT molecular complexity index is 1260. The van der Waals surface area contributed by atoms with Gasteiger partial charge in [0.2, 0.25) is 0 Å². The molecule has 1 fully saturated rings. The third-order valence-electron chi connectivity index (χ3n) is 4.82. The molecule has 0 bridgehead atoms. The zero-order valence-corrected chi connectivity index (χ0v) is 20.0. The predicted molar refractivity (Wildman–Crippen MR) is 132 cm³/mol. The predicted octanol–water partition coefficient (Wildman–Crippen LogP) is 5.23. The van der Waals surface area contributed by atoms with E-state index >= 15 is 0 Å². The Morgan fingerprint density at radius 2 is 1.56 bits per heavy atom. The quantitative estimate of drug-likeness (QED) is 0.252. The number of rotatable bonds is 7. The number of barbiturate groups is 1. The first-order chi connectivity index (χ1) is 16.4. The van der Waals surface area contributed by atoms with Gasteiger partial charge in [-0.2, -0.15) is 0 Å². The van der Waals surface area contributed by atoms with Crippen LogP contribution in [0.15, 0.2) is 82.8 Å². The Balaban J connectivity index is 1.41. The summed E-state index contributed by atoms with van der Waals surface area (Å²) >= 11 is 9.36. The van der Waals surface area contributed by atoms with Crippen molar-refractivity contribution in [1.82, 2.24) is 5.32 Å². The van der Waals surface area contributed by atoms with Crippen LogP contribution in [0.1, 0.15) is 5.56 Å². The maximum Gasteiger partial charge on any atom is 0.335 e. The molecule has 1 aliphatic heterocycles. The number of carbonyl (C=O) groups is 3. The van der Waals surface area contributed by atoms with Crippen molar-refractivity contribution in [2.24, 2.45) is 0 Å². The van der Waals surface area contributed by atoms with Crippen LogP contribution in [-0.4, -0.2) is 31.1 Å². The molecule has 1 aliphatic rings. The number of benzene rings is 3. The van der Waals surface area contributed by atoms with Crippen LogP contribution in [0.3, 0.4) is 0 Å². The first-order valence-electron chi connectivity index (χ1n) is 10.2. The zero-order chi connectivity index (χ0) is 24.1. The number of amides is 4. The lowest BCUT2D eigenvalue weighted by molar-refractivity contribution is -0.122. The Morgan fingerprint density at radius 1 is 0.882 bits per heavy atom. The molecule has 1 saturated heterocycles. The van der Waals surface area contributed by atoms with Gasteiger partial charge < -0.3 is 9.47 Å². The van der Waals surface area contributed by atoms with Gasteiger partial charge in [0.1, 0.15) is 30.3 Å². The Morgan fingerprint density at radius 3 is 2.26 bits per heavy atom. The number of nitrogens with zero attached hydrogens (tertiary/aromatic N) is 1. The van der Waals surface area contributed by atoms with Crippen LogP contribution in [0.25, 0.3) is 6.08 Å². The van der Waals surface area contributed by atoms with Gasteiger partial charge in [0.15, 0.2) is 0 Å². The number of hydrogen-bond acceptors (Lipinski definition) is 5. The fraction of sp³-hybridized carbons (Fsp3) is 0.0800. The van der Waals surface area contributed by atoms with Crippen molar-refractivity contribution >= 4 is 57.1 Å². The van der Waals surface area contributed by atoms with Gasteiger partial charge in [-0.05, 0) is 60.2 Å². The van der Waals surface area contributed by atoms with Crippen molar-refractivity contribution in [3.8, 4) is 11.5 Å². The summed E-state index contributed by atoms with van der Waals surface area (Å²) in [6.07, 6.45) is 1.43. The minimum atomic E-state index is -0.794. The van der Waals surface area contributed by atoms with Crippen LogP contribution in [-0.2, 0) is 9.59 Å². The average molecular weight is 542 g/mol. The van der Waals surface area contributed by atoms with E-state index in [1.807, 2.05) is 12.1 Å². The number of ether oxygens (including phenoxy) is 2. The maximum absolute atomic E-state index is 12.9. The summed E-state index contributed by atoms with van der Waals surface area (Å²) in [6, 6.07) is 19.8. The third-order valence-corrected chi connectivity index (χ3v) is 5.66. The number of hydrogen-bond donors (Lipinski definition) is 1. The first kappa shape index (κ1) is 23.5. The number of imide groups is 2. The fourth-order valence-electron chi connectivity index (χ4n) is 3.18. The summed E-state index contributed by atoms with van der Waals surface area (Å²) in [5, 5.41) is 2.73. The molecule has 1 N–H and O–H groups in total. The van der Waals surface area contributed by atoms with E-state index in [2.05, 4.69) is 21.2 Å². The lowest BCUT2D eigenvalue weighted by Crippen LogP contribution is -2.54. The molecule has 4 amide bonds. The summed E-state index contributed by atoms with van der Waals surface area (Å²) < 4.78 is 12.0. The van der Waals surface area contributed by atoms with Gasteiger partial charge in [-0.3, -0.25) is 14.9 Å². The smallest absolute Gasteiger partial charge is 0.335 e. The van der Waals surface area contributed by atoms with Crippen LogP contribution >= 0.6 is 27.5 Å². The molecular formula is C25H18BrClN2O5. The largest absolute Gasteiger partial charge is 0.490 e. The van der Waals surface area contributed by atoms with Crippen LogP contribution < -0.4 is 19.7 Å². The molecule has 0 aromatic heterocycles. The van der Waals surface area contributed by atoms with Gasteiger partial charge in [0.05, 0.1) is 10.7 Å². The molecule has 0 atom stereocenters. The lowest BCUT2D eigenvalue weighted by Gasteiger charge is -2.26. The van der Waals surface area contributed by atoms with Gasteiger partial charge in [0, 0.05) is 4.47 Å². The Kier molecular flexibility index (Phi) is 7.30. The van der Waals surface area contributed by atoms with Gasteiger partial charge >= 0.3 is 6.03 Å². The molecule has 3 aromatic carbocycles. The van der Waals surface area contributed by atoms with Crippen molar-refractivity contribution < 1.29 is 23.9 Å². The molecule has 3 aromatic rings. The molecule has 0 unspecified atom stereocenters. The molecule has 34 heavy (non-hydrogen) atoms. The number of anilines is 1. The SMILES string of the molecule is O=C1NC(=O)N(c2ccc(Br)cc2)C(=O)/C1=C\c1ccc(OCCOc2ccccc2Cl)cc1. The fourth-order valence-corrected chi connectivity index (χ4v) is 3.64. The van der Waals surface area contributed by atoms with Crippen molar-refractivity contribution in [1.29, 1.82) is 0 Å². The van der Waals surface area contributed by atoms with E-state index in [0.717, 1.165) is 9.37 Å². The van der Waals surface area contributed by atoms with Crippen LogP contribution in [0, 0.1) is 0 Å². The number of carbonyl (C=O) groups excluding carboxylic acids is 3. The second-order valence-electron chi connectivity index (χ2n) is 7.13. The van der Waals surface area contributed by atoms with E-state index in [9.17, 15) is 14.4 Å². The van der Waals surface area contributed by atoms with Crippen LogP contribution in [0.4, 0.5) is 10.5 Å². The van der Waals surface area contributed by atoms with Crippen molar-refractivity contribution in [3.63, 3.8) is 0 Å². The second kappa shape index (κ2) is 10.5. The highest BCUT2D eigenvalue weighted by Gasteiger charge is 2.36. The van der Waals surface area contributed by atoms with E-state index in [1.165, 1.54) is 6.08 Å². The summed E-state index contributed by atoms with van der Waals surface area (Å²) in [7, 11) is 0. The number of para-hydroxylation sites is 1. The zero-order valence-electron chi connectivity index (χ0n) is 17.7. The van der Waals surface area contributed by atoms with Crippen LogP contribution in [0.2, 0.25) is 5.02 Å². The van der Waals surface area contributed by atoms with Crippen molar-refractivity contribution in [3.05, 3.63) is 93.4 Å². The normalized spacial score (nSPS) is 14.8. The van der Waals surface area contributed by atoms with Crippen molar-refractivity contribution in [2.45, 2.75) is 0 Å². The summed E-state index contributed by atoms with van der Waals surface area (Å²) in [6.45, 7) is 0.612. The standard InChI is InChI=1S/C25H18BrClN2O5/c26-17-7-9-18(10-8-17)29-24(31)20(23(30)28-25(29)32)15-16-5-11-19(12-6-16)33-13-14-34-22-4-2-1-3-21(22)27/h1-12,15H,13-14H2,(H,28,30,32)/b20-15-. The number of nitrogens with one attached hydrogen (secondary N) is 1. The third kappa shape index (κ3) is 5.47. The highest BCUT2D eigenvalue weighted by molar-refractivity contribution is 9.10. The van der Waals surface area contributed by atoms with Crippen molar-refractivity contribution in [2.75, 3.05) is 18.1 Å². The van der Waals surface area contributed by atoms with Gasteiger partial charge in [-0.25, -0.2) is 9.69 Å². The molecule has 0 aliphatic carbocycles. The minimum Gasteiger partial charge on any atom is -0.490 e. The molecule has 0 radical (unpaired) electrons. The molecule has 0 saturated carbocycles. The number of urea groups is 1. The first-order valence-corrected chi connectivity index (χ1v) is 11.4. The highest BCUT2D eigenvalue weighted by Crippen LogP contribution is 2.25. The molecule has 7 nitrogen and oxygen atoms in total. The highest BCUT2D eigenvalue weighted by atomic mass is 79.9. The molecule has 0 spiro atoms. The van der Waals surface area contributed by atoms with Gasteiger partial charge in [-0.1, -0.05) is 51.8 Å².